The summed E-state index contributed by atoms with van der Waals surface area (Å²) in [6, 6.07) is 1.97. The Morgan fingerprint density at radius 3 is 2.79 bits per heavy atom. The molecule has 0 radical (unpaired) electrons. The molecular formula is C18H27N3O2S. The predicted octanol–water partition coefficient (Wildman–Crippen LogP) is 3.79. The topological polar surface area (TPSA) is 56.2 Å². The van der Waals surface area contributed by atoms with Crippen molar-refractivity contribution < 1.29 is 9.53 Å². The minimum atomic E-state index is -0.000331. The smallest absolute Gasteiger partial charge is 0.253 e. The highest BCUT2D eigenvalue weighted by Crippen LogP contribution is 2.27. The third-order valence-corrected chi connectivity index (χ3v) is 4.81. The van der Waals surface area contributed by atoms with Gasteiger partial charge in [-0.05, 0) is 32.8 Å². The van der Waals surface area contributed by atoms with Gasteiger partial charge in [-0.3, -0.25) is 4.79 Å². The second kappa shape index (κ2) is 8.99. The van der Waals surface area contributed by atoms with Crippen molar-refractivity contribution in [2.75, 3.05) is 20.3 Å². The summed E-state index contributed by atoms with van der Waals surface area (Å²) >= 11 is 1.63. The molecule has 5 nitrogen and oxygen atoms in total. The van der Waals surface area contributed by atoms with E-state index in [9.17, 15) is 4.79 Å². The molecule has 2 aromatic rings. The summed E-state index contributed by atoms with van der Waals surface area (Å²) in [7, 11) is 1.71. The number of carbonyl (C=O) groups excluding carboxylic acids is 1. The number of amides is 1. The van der Waals surface area contributed by atoms with E-state index in [4.69, 9.17) is 4.74 Å². The van der Waals surface area contributed by atoms with E-state index in [0.29, 0.717) is 6.61 Å². The van der Waals surface area contributed by atoms with Crippen LogP contribution in [0.15, 0.2) is 11.4 Å². The normalized spacial score (nSPS) is 11.0. The van der Waals surface area contributed by atoms with Crippen LogP contribution in [0.2, 0.25) is 0 Å². The van der Waals surface area contributed by atoms with Gasteiger partial charge in [-0.25, -0.2) is 4.98 Å². The summed E-state index contributed by atoms with van der Waals surface area (Å²) in [4.78, 5) is 17.1. The average Bonchev–Trinajstić information content (AvgIpc) is 3.12. The van der Waals surface area contributed by atoms with Crippen LogP contribution < -0.4 is 5.32 Å². The Labute approximate surface area is 148 Å². The zero-order valence-electron chi connectivity index (χ0n) is 15.0. The second-order valence-corrected chi connectivity index (χ2v) is 6.95. The fraction of sp³-hybridized carbons (Fsp3) is 0.556. The van der Waals surface area contributed by atoms with Crippen LogP contribution in [0.3, 0.4) is 0 Å². The number of rotatable bonds is 9. The fourth-order valence-corrected chi connectivity index (χ4v) is 3.30. The van der Waals surface area contributed by atoms with Gasteiger partial charge in [0.2, 0.25) is 0 Å². The van der Waals surface area contributed by atoms with Crippen LogP contribution in [0, 0.1) is 13.8 Å². The number of methoxy groups -OCH3 is 1. The molecule has 2 rings (SSSR count). The molecule has 2 aromatic heterocycles. The minimum Gasteiger partial charge on any atom is -0.385 e. The quantitative estimate of drug-likeness (QED) is 0.701. The van der Waals surface area contributed by atoms with E-state index in [2.05, 4.69) is 27.2 Å². The van der Waals surface area contributed by atoms with Gasteiger partial charge in [-0.15, -0.1) is 11.3 Å². The zero-order valence-corrected chi connectivity index (χ0v) is 15.8. The van der Waals surface area contributed by atoms with Crippen molar-refractivity contribution in [2.45, 2.75) is 46.6 Å². The molecule has 0 aliphatic heterocycles. The molecule has 0 aromatic carbocycles. The van der Waals surface area contributed by atoms with Crippen molar-refractivity contribution in [1.82, 2.24) is 14.9 Å². The largest absolute Gasteiger partial charge is 0.385 e. The summed E-state index contributed by atoms with van der Waals surface area (Å²) in [5, 5.41) is 6.09. The van der Waals surface area contributed by atoms with Gasteiger partial charge in [0, 0.05) is 37.9 Å². The van der Waals surface area contributed by atoms with Crippen molar-refractivity contribution in [3.05, 3.63) is 27.7 Å². The Bertz CT molecular complexity index is 676. The predicted molar refractivity (Wildman–Crippen MR) is 98.7 cm³/mol. The second-order valence-electron chi connectivity index (χ2n) is 5.89. The Kier molecular flexibility index (Phi) is 6.99. The third-order valence-electron chi connectivity index (χ3n) is 4.04. The first-order valence-electron chi connectivity index (χ1n) is 8.48. The molecule has 1 amide bonds. The van der Waals surface area contributed by atoms with Gasteiger partial charge in [0.1, 0.15) is 0 Å². The van der Waals surface area contributed by atoms with Crippen molar-refractivity contribution in [2.24, 2.45) is 0 Å². The van der Waals surface area contributed by atoms with Gasteiger partial charge >= 0.3 is 0 Å². The van der Waals surface area contributed by atoms with Crippen LogP contribution in [0.5, 0.6) is 0 Å². The number of aromatic nitrogens is 2. The number of ether oxygens (including phenoxy) is 1. The average molecular weight is 350 g/mol. The van der Waals surface area contributed by atoms with Gasteiger partial charge in [-0.2, -0.15) is 0 Å². The van der Waals surface area contributed by atoms with E-state index in [1.165, 1.54) is 0 Å². The molecule has 0 spiro atoms. The number of nitrogens with one attached hydrogen (secondary N) is 1. The first-order chi connectivity index (χ1) is 11.6. The lowest BCUT2D eigenvalue weighted by atomic mass is 10.2. The molecule has 0 bridgehead atoms. The van der Waals surface area contributed by atoms with Gasteiger partial charge in [0.05, 0.1) is 22.0 Å². The molecule has 0 unspecified atom stereocenters. The van der Waals surface area contributed by atoms with Crippen molar-refractivity contribution in [3.8, 4) is 11.4 Å². The molecule has 0 aliphatic rings. The lowest BCUT2D eigenvalue weighted by molar-refractivity contribution is 0.0952. The molecule has 2 heterocycles. The zero-order chi connectivity index (χ0) is 17.5. The summed E-state index contributed by atoms with van der Waals surface area (Å²) in [6.45, 7) is 8.35. The summed E-state index contributed by atoms with van der Waals surface area (Å²) < 4.78 is 7.35. The SMILES string of the molecule is CCCCNC(=O)c1cc(-c2csc(C)n2)n(CCCOC)c1C. The molecule has 0 aliphatic carbocycles. The maximum absolute atomic E-state index is 12.5. The first-order valence-corrected chi connectivity index (χ1v) is 9.36. The number of unbranched alkanes of at least 4 members (excludes halogenated alkanes) is 1. The highest BCUT2D eigenvalue weighted by molar-refractivity contribution is 7.09. The van der Waals surface area contributed by atoms with Crippen molar-refractivity contribution in [3.63, 3.8) is 0 Å². The van der Waals surface area contributed by atoms with Crippen LogP contribution in [-0.2, 0) is 11.3 Å². The van der Waals surface area contributed by atoms with E-state index in [-0.39, 0.29) is 5.91 Å². The van der Waals surface area contributed by atoms with Crippen LogP contribution >= 0.6 is 11.3 Å². The number of carbonyl (C=O) groups is 1. The van der Waals surface area contributed by atoms with Gasteiger partial charge in [-0.1, -0.05) is 13.3 Å². The minimum absolute atomic E-state index is 0.000331. The number of aryl methyl sites for hydroxylation is 1. The summed E-state index contributed by atoms with van der Waals surface area (Å²) in [5.41, 5.74) is 3.67. The number of nitrogens with zero attached hydrogens (tertiary/aromatic N) is 2. The molecule has 0 saturated carbocycles. The third kappa shape index (κ3) is 4.45. The summed E-state index contributed by atoms with van der Waals surface area (Å²) in [5.74, 6) is -0.000331. The number of thiazole rings is 1. The van der Waals surface area contributed by atoms with Crippen molar-refractivity contribution >= 4 is 17.2 Å². The maximum Gasteiger partial charge on any atom is 0.253 e. The van der Waals surface area contributed by atoms with E-state index in [0.717, 1.165) is 60.0 Å². The number of hydrogen-bond donors (Lipinski definition) is 1. The van der Waals surface area contributed by atoms with E-state index < -0.39 is 0 Å². The van der Waals surface area contributed by atoms with Crippen molar-refractivity contribution in [1.29, 1.82) is 0 Å². The standard InChI is InChI=1S/C18H27N3O2S/c1-5-6-8-19-18(22)15-11-17(16-12-24-14(3)20-16)21(13(15)2)9-7-10-23-4/h11-12H,5-10H2,1-4H3,(H,19,22). The molecule has 132 valence electrons. The highest BCUT2D eigenvalue weighted by atomic mass is 32.1. The van der Waals surface area contributed by atoms with Crippen LogP contribution in [0.25, 0.3) is 11.4 Å². The van der Waals surface area contributed by atoms with E-state index in [1.54, 1.807) is 18.4 Å². The van der Waals surface area contributed by atoms with E-state index >= 15 is 0 Å². The molecule has 6 heteroatoms. The van der Waals surface area contributed by atoms with Crippen LogP contribution in [0.4, 0.5) is 0 Å². The van der Waals surface area contributed by atoms with Gasteiger partial charge in [0.15, 0.2) is 0 Å². The Morgan fingerprint density at radius 2 is 2.17 bits per heavy atom. The Balaban J connectivity index is 2.30. The number of hydrogen-bond acceptors (Lipinski definition) is 4. The monoisotopic (exact) mass is 349 g/mol. The van der Waals surface area contributed by atoms with E-state index in [1.807, 2.05) is 19.9 Å². The Hall–Kier alpha value is -1.66. The molecule has 1 N–H and O–H groups in total. The highest BCUT2D eigenvalue weighted by Gasteiger charge is 2.19. The molecule has 24 heavy (non-hydrogen) atoms. The van der Waals surface area contributed by atoms with Gasteiger partial charge < -0.3 is 14.6 Å². The van der Waals surface area contributed by atoms with Gasteiger partial charge in [0.25, 0.3) is 5.91 Å². The molecule has 0 saturated heterocycles. The summed E-state index contributed by atoms with van der Waals surface area (Å²) in [6.07, 6.45) is 2.97. The van der Waals surface area contributed by atoms with Crippen LogP contribution in [0.1, 0.15) is 47.2 Å². The lowest BCUT2D eigenvalue weighted by Crippen LogP contribution is -2.24. The Morgan fingerprint density at radius 1 is 1.38 bits per heavy atom. The molecule has 0 atom stereocenters. The lowest BCUT2D eigenvalue weighted by Gasteiger charge is -2.10. The van der Waals surface area contributed by atoms with Crippen LogP contribution in [-0.4, -0.2) is 35.7 Å². The molecular weight excluding hydrogens is 322 g/mol. The first kappa shape index (κ1) is 18.7. The molecule has 0 fully saturated rings. The fourth-order valence-electron chi connectivity index (χ4n) is 2.70. The maximum atomic E-state index is 12.5.